The number of ether oxygens (including phenoxy) is 4. The van der Waals surface area contributed by atoms with Crippen LogP contribution in [0.4, 0.5) is 0 Å². The molecule has 0 bridgehead atoms. The molecule has 8 nitrogen and oxygen atoms in total. The predicted octanol–water partition coefficient (Wildman–Crippen LogP) is 0.766. The van der Waals surface area contributed by atoms with Gasteiger partial charge in [-0.05, 0) is 12.8 Å². The second kappa shape index (κ2) is 11.3. The van der Waals surface area contributed by atoms with Gasteiger partial charge in [-0.2, -0.15) is 0 Å². The third-order valence-corrected chi connectivity index (χ3v) is 4.46. The Bertz CT molecular complexity index is 430. The van der Waals surface area contributed by atoms with Crippen LogP contribution in [-0.4, -0.2) is 86.8 Å². The van der Waals surface area contributed by atoms with E-state index >= 15 is 0 Å². The lowest BCUT2D eigenvalue weighted by Gasteiger charge is -2.33. The Morgan fingerprint density at radius 1 is 0.808 bits per heavy atom. The fourth-order valence-electron chi connectivity index (χ4n) is 3.05. The van der Waals surface area contributed by atoms with Crippen molar-refractivity contribution in [2.75, 3.05) is 52.6 Å². The average molecular weight is 370 g/mol. The van der Waals surface area contributed by atoms with Crippen molar-refractivity contribution in [2.45, 2.75) is 39.1 Å². The van der Waals surface area contributed by atoms with Crippen LogP contribution < -0.4 is 0 Å². The monoisotopic (exact) mass is 370 g/mol. The Balaban J connectivity index is 1.78. The Morgan fingerprint density at radius 3 is 1.46 bits per heavy atom. The summed E-state index contributed by atoms with van der Waals surface area (Å²) in [5.41, 5.74) is 0. The highest BCUT2D eigenvalue weighted by molar-refractivity contribution is 5.91. The number of hydrogen-bond acceptors (Lipinski definition) is 8. The number of rotatable bonds is 8. The lowest BCUT2D eigenvalue weighted by atomic mass is 10.3. The van der Waals surface area contributed by atoms with Gasteiger partial charge >= 0.3 is 11.9 Å². The number of hydrogen-bond donors (Lipinski definition) is 0. The molecule has 2 rings (SSSR count). The molecule has 0 amide bonds. The van der Waals surface area contributed by atoms with E-state index in [1.165, 1.54) is 0 Å². The normalized spacial score (nSPS) is 22.1. The molecule has 0 spiro atoms. The van der Waals surface area contributed by atoms with Crippen LogP contribution in [0, 0.1) is 0 Å². The summed E-state index contributed by atoms with van der Waals surface area (Å²) in [6.45, 7) is 9.38. The molecule has 2 aliphatic heterocycles. The van der Waals surface area contributed by atoms with Crippen molar-refractivity contribution in [3.63, 3.8) is 0 Å². The zero-order valence-corrected chi connectivity index (χ0v) is 15.7. The van der Waals surface area contributed by atoms with E-state index in [-0.39, 0.29) is 12.5 Å². The maximum absolute atomic E-state index is 12.0. The van der Waals surface area contributed by atoms with Crippen LogP contribution in [0.3, 0.4) is 0 Å². The fraction of sp³-hybridized carbons (Fsp3) is 0.778. The van der Waals surface area contributed by atoms with Crippen LogP contribution in [0.2, 0.25) is 0 Å². The maximum atomic E-state index is 12.0. The summed E-state index contributed by atoms with van der Waals surface area (Å²) >= 11 is 0. The first-order valence-corrected chi connectivity index (χ1v) is 9.37. The number of carbonyl (C=O) groups is 2. The van der Waals surface area contributed by atoms with Crippen LogP contribution in [0.5, 0.6) is 0 Å². The second-order valence-electron chi connectivity index (χ2n) is 6.23. The quantitative estimate of drug-likeness (QED) is 0.458. The molecule has 0 aromatic carbocycles. The molecule has 2 fully saturated rings. The van der Waals surface area contributed by atoms with Gasteiger partial charge in [0.15, 0.2) is 12.5 Å². The minimum Gasteiger partial charge on any atom is -0.443 e. The molecule has 0 aromatic rings. The Labute approximate surface area is 155 Å². The summed E-state index contributed by atoms with van der Waals surface area (Å²) in [6, 6.07) is 0. The van der Waals surface area contributed by atoms with Crippen molar-refractivity contribution in [3.05, 3.63) is 12.2 Å². The lowest BCUT2D eigenvalue weighted by molar-refractivity contribution is -0.160. The molecule has 26 heavy (non-hydrogen) atoms. The highest BCUT2D eigenvalue weighted by atomic mass is 16.6. The van der Waals surface area contributed by atoms with Gasteiger partial charge in [-0.15, -0.1) is 0 Å². The first-order valence-electron chi connectivity index (χ1n) is 9.37. The fourth-order valence-corrected chi connectivity index (χ4v) is 3.05. The summed E-state index contributed by atoms with van der Waals surface area (Å²) < 4.78 is 21.5. The molecule has 148 valence electrons. The van der Waals surface area contributed by atoms with Crippen LogP contribution >= 0.6 is 0 Å². The summed E-state index contributed by atoms with van der Waals surface area (Å²) in [6.07, 6.45) is 3.03. The number of esters is 2. The van der Waals surface area contributed by atoms with Crippen LogP contribution in [0.15, 0.2) is 12.2 Å². The van der Waals surface area contributed by atoms with Gasteiger partial charge in [0.25, 0.3) is 0 Å². The van der Waals surface area contributed by atoms with E-state index < -0.39 is 11.9 Å². The molecule has 0 N–H and O–H groups in total. The van der Waals surface area contributed by atoms with Crippen molar-refractivity contribution in [3.8, 4) is 0 Å². The van der Waals surface area contributed by atoms with Gasteiger partial charge < -0.3 is 18.9 Å². The van der Waals surface area contributed by atoms with E-state index in [9.17, 15) is 9.59 Å². The van der Waals surface area contributed by atoms with E-state index in [2.05, 4.69) is 9.80 Å². The van der Waals surface area contributed by atoms with Gasteiger partial charge in [0.1, 0.15) is 0 Å². The molecule has 2 unspecified atom stereocenters. The summed E-state index contributed by atoms with van der Waals surface area (Å²) in [5.74, 6) is -1.08. The third kappa shape index (κ3) is 6.68. The molecule has 0 radical (unpaired) electrons. The zero-order valence-electron chi connectivity index (χ0n) is 15.7. The van der Waals surface area contributed by atoms with Gasteiger partial charge in [-0.1, -0.05) is 13.8 Å². The zero-order chi connectivity index (χ0) is 18.8. The number of nitrogens with zero attached hydrogens (tertiary/aromatic N) is 2. The highest BCUT2D eigenvalue weighted by Gasteiger charge is 2.23. The van der Waals surface area contributed by atoms with Crippen molar-refractivity contribution in [1.29, 1.82) is 0 Å². The minimum atomic E-state index is -0.542. The van der Waals surface area contributed by atoms with E-state index in [4.69, 9.17) is 18.9 Å². The average Bonchev–Trinajstić information content (AvgIpc) is 2.70. The van der Waals surface area contributed by atoms with Crippen LogP contribution in [0.1, 0.15) is 26.7 Å². The molecular weight excluding hydrogens is 340 g/mol. The van der Waals surface area contributed by atoms with Gasteiger partial charge in [0.2, 0.25) is 0 Å². The lowest BCUT2D eigenvalue weighted by Crippen LogP contribution is -2.45. The van der Waals surface area contributed by atoms with Crippen LogP contribution in [-0.2, 0) is 28.5 Å². The van der Waals surface area contributed by atoms with Crippen molar-refractivity contribution in [1.82, 2.24) is 9.80 Å². The molecule has 0 aliphatic carbocycles. The van der Waals surface area contributed by atoms with Gasteiger partial charge in [0, 0.05) is 38.3 Å². The molecule has 2 aliphatic rings. The van der Waals surface area contributed by atoms with Gasteiger partial charge in [-0.3, -0.25) is 9.80 Å². The smallest absolute Gasteiger partial charge is 0.332 e. The molecule has 0 saturated carbocycles. The first kappa shape index (κ1) is 20.8. The molecule has 0 aromatic heterocycles. The topological polar surface area (TPSA) is 77.5 Å². The van der Waals surface area contributed by atoms with E-state index in [1.54, 1.807) is 0 Å². The van der Waals surface area contributed by atoms with E-state index in [0.29, 0.717) is 39.3 Å². The summed E-state index contributed by atoms with van der Waals surface area (Å²) in [4.78, 5) is 28.2. The number of morpholine rings is 2. The predicted molar refractivity (Wildman–Crippen MR) is 94.3 cm³/mol. The van der Waals surface area contributed by atoms with Crippen molar-refractivity contribution < 1.29 is 28.5 Å². The molecular formula is C18H30N2O6. The Hall–Kier alpha value is -1.48. The molecule has 2 heterocycles. The Kier molecular flexibility index (Phi) is 9.04. The van der Waals surface area contributed by atoms with Crippen molar-refractivity contribution >= 4 is 11.9 Å². The largest absolute Gasteiger partial charge is 0.443 e. The minimum absolute atomic E-state index is 0.302. The van der Waals surface area contributed by atoms with Crippen LogP contribution in [0.25, 0.3) is 0 Å². The van der Waals surface area contributed by atoms with Gasteiger partial charge in [-0.25, -0.2) is 9.59 Å². The van der Waals surface area contributed by atoms with E-state index in [0.717, 1.165) is 38.3 Å². The molecule has 8 heteroatoms. The summed E-state index contributed by atoms with van der Waals surface area (Å²) in [7, 11) is 0. The Morgan fingerprint density at radius 2 is 1.15 bits per heavy atom. The van der Waals surface area contributed by atoms with Crippen molar-refractivity contribution in [2.24, 2.45) is 0 Å². The number of carbonyl (C=O) groups excluding carboxylic acids is 2. The first-order chi connectivity index (χ1) is 12.6. The molecule has 2 saturated heterocycles. The highest BCUT2D eigenvalue weighted by Crippen LogP contribution is 2.11. The standard InChI is InChI=1S/C18H30N2O6/c1-3-15(19-7-11-23-12-8-19)25-17(21)5-6-18(22)26-16(4-2)20-9-13-24-14-10-20/h5-6,15-16H,3-4,7-14H2,1-2H3/b6-5+. The second-order valence-corrected chi connectivity index (χ2v) is 6.23. The maximum Gasteiger partial charge on any atom is 0.332 e. The van der Waals surface area contributed by atoms with E-state index in [1.807, 2.05) is 13.8 Å². The third-order valence-electron chi connectivity index (χ3n) is 4.46. The molecule has 2 atom stereocenters. The summed E-state index contributed by atoms with van der Waals surface area (Å²) in [5, 5.41) is 0. The SMILES string of the molecule is CCC(OC(=O)/C=C/C(=O)OC(CC)N1CCOCC1)N1CCOCC1. The van der Waals surface area contributed by atoms with Gasteiger partial charge in [0.05, 0.1) is 26.4 Å².